The molecule has 0 aliphatic carbocycles. The van der Waals surface area contributed by atoms with Crippen LogP contribution in [0, 0.1) is 13.8 Å². The summed E-state index contributed by atoms with van der Waals surface area (Å²) in [7, 11) is 0. The molecule has 1 N–H and O–H groups in total. The number of ether oxygens (including phenoxy) is 1. The summed E-state index contributed by atoms with van der Waals surface area (Å²) < 4.78 is 10.6. The van der Waals surface area contributed by atoms with Gasteiger partial charge in [0.2, 0.25) is 5.89 Å². The van der Waals surface area contributed by atoms with E-state index in [1.807, 2.05) is 13.0 Å². The van der Waals surface area contributed by atoms with Crippen LogP contribution in [0.5, 0.6) is 5.75 Å². The van der Waals surface area contributed by atoms with Crippen LogP contribution in [0.1, 0.15) is 23.2 Å². The molecule has 0 amide bonds. The van der Waals surface area contributed by atoms with Crippen molar-refractivity contribution in [2.75, 3.05) is 0 Å². The summed E-state index contributed by atoms with van der Waals surface area (Å²) >= 11 is 0. The lowest BCUT2D eigenvalue weighted by Crippen LogP contribution is -2.01. The molecule has 0 fully saturated rings. The predicted octanol–water partition coefficient (Wildman–Crippen LogP) is 1.15. The monoisotopic (exact) mass is 235 g/mol. The Morgan fingerprint density at radius 1 is 1.29 bits per heavy atom. The maximum absolute atomic E-state index is 9.15. The van der Waals surface area contributed by atoms with E-state index in [9.17, 15) is 0 Å². The summed E-state index contributed by atoms with van der Waals surface area (Å²) in [4.78, 5) is 4.17. The molecule has 0 unspecified atom stereocenters. The van der Waals surface area contributed by atoms with Gasteiger partial charge in [0.1, 0.15) is 11.4 Å². The summed E-state index contributed by atoms with van der Waals surface area (Å²) in [5.41, 5.74) is 1.33. The molecule has 0 bridgehead atoms. The molecule has 0 atom stereocenters. The molecule has 2 heterocycles. The summed E-state index contributed by atoms with van der Waals surface area (Å²) in [5.74, 6) is 1.41. The van der Waals surface area contributed by atoms with Crippen molar-refractivity contribution in [1.82, 2.24) is 15.2 Å². The molecule has 0 aliphatic rings. The zero-order valence-electron chi connectivity index (χ0n) is 9.67. The van der Waals surface area contributed by atoms with Crippen molar-refractivity contribution in [3.8, 4) is 5.75 Å². The van der Waals surface area contributed by atoms with E-state index >= 15 is 0 Å². The van der Waals surface area contributed by atoms with Gasteiger partial charge >= 0.3 is 0 Å². The molecule has 17 heavy (non-hydrogen) atoms. The van der Waals surface area contributed by atoms with E-state index in [-0.39, 0.29) is 13.2 Å². The van der Waals surface area contributed by atoms with Crippen molar-refractivity contribution in [3.63, 3.8) is 0 Å². The Hall–Kier alpha value is -1.95. The predicted molar refractivity (Wildman–Crippen MR) is 58.3 cm³/mol. The third-order valence-electron chi connectivity index (χ3n) is 2.14. The van der Waals surface area contributed by atoms with E-state index in [4.69, 9.17) is 14.3 Å². The molecule has 0 aromatic carbocycles. The first-order valence-corrected chi connectivity index (χ1v) is 5.18. The molecule has 0 saturated carbocycles. The first-order valence-electron chi connectivity index (χ1n) is 5.18. The molecule has 6 nitrogen and oxygen atoms in total. The van der Waals surface area contributed by atoms with Gasteiger partial charge in [-0.3, -0.25) is 4.98 Å². The van der Waals surface area contributed by atoms with Crippen LogP contribution < -0.4 is 4.74 Å². The molecule has 6 heteroatoms. The number of hydrogen-bond acceptors (Lipinski definition) is 6. The van der Waals surface area contributed by atoms with Gasteiger partial charge < -0.3 is 14.3 Å². The highest BCUT2D eigenvalue weighted by Gasteiger charge is 2.08. The largest absolute Gasteiger partial charge is 0.482 e. The average Bonchev–Trinajstić information content (AvgIpc) is 2.73. The summed E-state index contributed by atoms with van der Waals surface area (Å²) in [6.07, 6.45) is 0. The Labute approximate surface area is 98.3 Å². The molecule has 90 valence electrons. The van der Waals surface area contributed by atoms with Gasteiger partial charge in [-0.25, -0.2) is 0 Å². The Bertz CT molecular complexity index is 510. The minimum atomic E-state index is -0.167. The number of aryl methyl sites for hydroxylation is 2. The van der Waals surface area contributed by atoms with Crippen LogP contribution in [0.4, 0.5) is 0 Å². The second-order valence-electron chi connectivity index (χ2n) is 3.56. The quantitative estimate of drug-likeness (QED) is 0.856. The van der Waals surface area contributed by atoms with Crippen LogP contribution in [0.15, 0.2) is 16.5 Å². The number of pyridine rings is 1. The first kappa shape index (κ1) is 11.5. The second kappa shape index (κ2) is 4.92. The number of nitrogens with zero attached hydrogens (tertiary/aromatic N) is 3. The van der Waals surface area contributed by atoms with Crippen LogP contribution in [0.25, 0.3) is 0 Å². The van der Waals surface area contributed by atoms with Crippen LogP contribution in [-0.2, 0) is 13.2 Å². The number of hydrogen-bond donors (Lipinski definition) is 1. The topological polar surface area (TPSA) is 81.3 Å². The Balaban J connectivity index is 2.08. The summed E-state index contributed by atoms with van der Waals surface area (Å²) in [6, 6.07) is 3.57. The van der Waals surface area contributed by atoms with E-state index in [1.54, 1.807) is 13.0 Å². The SMILES string of the molecule is Cc1ccc(OCc2nnc(C)o2)c(CO)n1. The standard InChI is InChI=1S/C11H13N3O3/c1-7-3-4-10(9(5-15)12-7)16-6-11-14-13-8(2)17-11/h3-4,15H,5-6H2,1-2H3. The van der Waals surface area contributed by atoms with Crippen LogP contribution in [0.2, 0.25) is 0 Å². The molecule has 0 spiro atoms. The van der Waals surface area contributed by atoms with Gasteiger partial charge in [0.05, 0.1) is 6.61 Å². The van der Waals surface area contributed by atoms with Gasteiger partial charge in [0.15, 0.2) is 6.61 Å². The molecule has 2 rings (SSSR count). The Kier molecular flexibility index (Phi) is 3.34. The summed E-state index contributed by atoms with van der Waals surface area (Å²) in [6.45, 7) is 3.56. The Morgan fingerprint density at radius 2 is 2.12 bits per heavy atom. The maximum atomic E-state index is 9.15. The minimum Gasteiger partial charge on any atom is -0.482 e. The second-order valence-corrected chi connectivity index (χ2v) is 3.56. The molecule has 0 saturated heterocycles. The molecule has 0 radical (unpaired) electrons. The van der Waals surface area contributed by atoms with Crippen molar-refractivity contribution in [3.05, 3.63) is 35.3 Å². The number of aliphatic hydroxyl groups is 1. The number of aliphatic hydroxyl groups excluding tert-OH is 1. The highest BCUT2D eigenvalue weighted by molar-refractivity contribution is 5.28. The first-order chi connectivity index (χ1) is 8.19. The number of aromatic nitrogens is 3. The normalized spacial score (nSPS) is 10.5. The molecule has 2 aromatic heterocycles. The van der Waals surface area contributed by atoms with Gasteiger partial charge in [-0.05, 0) is 19.1 Å². The van der Waals surface area contributed by atoms with Crippen LogP contribution in [-0.4, -0.2) is 20.3 Å². The molecular weight excluding hydrogens is 222 g/mol. The lowest BCUT2D eigenvalue weighted by atomic mass is 10.3. The van der Waals surface area contributed by atoms with Crippen molar-refractivity contribution in [2.45, 2.75) is 27.1 Å². The fourth-order valence-electron chi connectivity index (χ4n) is 1.38. The van der Waals surface area contributed by atoms with Crippen molar-refractivity contribution >= 4 is 0 Å². The van der Waals surface area contributed by atoms with Crippen molar-refractivity contribution < 1.29 is 14.3 Å². The smallest absolute Gasteiger partial charge is 0.253 e. The van der Waals surface area contributed by atoms with Gasteiger partial charge in [-0.2, -0.15) is 0 Å². The molecule has 2 aromatic rings. The number of rotatable bonds is 4. The van der Waals surface area contributed by atoms with Crippen molar-refractivity contribution in [1.29, 1.82) is 0 Å². The van der Waals surface area contributed by atoms with Gasteiger partial charge in [0.25, 0.3) is 5.89 Å². The fraction of sp³-hybridized carbons (Fsp3) is 0.364. The van der Waals surface area contributed by atoms with Crippen LogP contribution >= 0.6 is 0 Å². The third-order valence-corrected chi connectivity index (χ3v) is 2.14. The fourth-order valence-corrected chi connectivity index (χ4v) is 1.38. The van der Waals surface area contributed by atoms with E-state index in [0.29, 0.717) is 23.2 Å². The molecule has 0 aliphatic heterocycles. The van der Waals surface area contributed by atoms with Gasteiger partial charge in [-0.15, -0.1) is 10.2 Å². The highest BCUT2D eigenvalue weighted by Crippen LogP contribution is 2.18. The average molecular weight is 235 g/mol. The van der Waals surface area contributed by atoms with E-state index in [2.05, 4.69) is 15.2 Å². The minimum absolute atomic E-state index is 0.165. The van der Waals surface area contributed by atoms with Crippen molar-refractivity contribution in [2.24, 2.45) is 0 Å². The van der Waals surface area contributed by atoms with Gasteiger partial charge in [0, 0.05) is 12.6 Å². The zero-order chi connectivity index (χ0) is 12.3. The van der Waals surface area contributed by atoms with Crippen LogP contribution in [0.3, 0.4) is 0 Å². The highest BCUT2D eigenvalue weighted by atomic mass is 16.5. The van der Waals surface area contributed by atoms with E-state index in [0.717, 1.165) is 5.69 Å². The maximum Gasteiger partial charge on any atom is 0.253 e. The van der Waals surface area contributed by atoms with Gasteiger partial charge in [-0.1, -0.05) is 0 Å². The van der Waals surface area contributed by atoms with E-state index in [1.165, 1.54) is 0 Å². The zero-order valence-corrected chi connectivity index (χ0v) is 9.67. The lowest BCUT2D eigenvalue weighted by molar-refractivity contribution is 0.235. The Morgan fingerprint density at radius 3 is 2.76 bits per heavy atom. The molecular formula is C11H13N3O3. The third kappa shape index (κ3) is 2.79. The van der Waals surface area contributed by atoms with E-state index < -0.39 is 0 Å². The lowest BCUT2D eigenvalue weighted by Gasteiger charge is -2.07. The summed E-state index contributed by atoms with van der Waals surface area (Å²) in [5, 5.41) is 16.7.